The van der Waals surface area contributed by atoms with Gasteiger partial charge in [0, 0.05) is 5.56 Å². The molecule has 4 nitrogen and oxygen atoms in total. The SMILES string of the molecule is CCOc1ccc(-c2ccc3ocnc3n2)cc1. The van der Waals surface area contributed by atoms with Crippen molar-refractivity contribution in [2.45, 2.75) is 6.92 Å². The molecule has 0 N–H and O–H groups in total. The lowest BCUT2D eigenvalue weighted by atomic mass is 10.1. The van der Waals surface area contributed by atoms with E-state index in [9.17, 15) is 0 Å². The second-order valence-electron chi connectivity index (χ2n) is 3.83. The standard InChI is InChI=1S/C14H12N2O2/c1-2-17-11-5-3-10(4-6-11)12-7-8-13-14(16-12)15-9-18-13/h3-9H,2H2,1H3. The molecule has 0 aliphatic rings. The number of benzene rings is 1. The summed E-state index contributed by atoms with van der Waals surface area (Å²) in [6.07, 6.45) is 1.40. The minimum absolute atomic E-state index is 0.626. The van der Waals surface area contributed by atoms with Gasteiger partial charge >= 0.3 is 0 Å². The highest BCUT2D eigenvalue weighted by molar-refractivity contribution is 5.73. The Bertz CT molecular complexity index is 659. The molecular formula is C14H12N2O2. The number of aromatic nitrogens is 2. The lowest BCUT2D eigenvalue weighted by Gasteiger charge is -2.04. The van der Waals surface area contributed by atoms with Crippen LogP contribution in [0.5, 0.6) is 5.75 Å². The van der Waals surface area contributed by atoms with Gasteiger partial charge in [-0.25, -0.2) is 4.98 Å². The van der Waals surface area contributed by atoms with Crippen LogP contribution in [-0.4, -0.2) is 16.6 Å². The lowest BCUT2D eigenvalue weighted by Crippen LogP contribution is -1.91. The number of oxazole rings is 1. The second kappa shape index (κ2) is 4.49. The topological polar surface area (TPSA) is 48.2 Å². The Morgan fingerprint density at radius 1 is 1.11 bits per heavy atom. The quantitative estimate of drug-likeness (QED) is 0.704. The zero-order valence-electron chi connectivity index (χ0n) is 9.96. The van der Waals surface area contributed by atoms with Crippen molar-refractivity contribution in [3.05, 3.63) is 42.8 Å². The summed E-state index contributed by atoms with van der Waals surface area (Å²) in [5.74, 6) is 0.865. The van der Waals surface area contributed by atoms with E-state index in [1.165, 1.54) is 6.39 Å². The Morgan fingerprint density at radius 3 is 2.72 bits per heavy atom. The van der Waals surface area contributed by atoms with Gasteiger partial charge in [0.25, 0.3) is 0 Å². The maximum atomic E-state index is 5.41. The summed E-state index contributed by atoms with van der Waals surface area (Å²) in [5, 5.41) is 0. The van der Waals surface area contributed by atoms with Crippen LogP contribution in [0.4, 0.5) is 0 Å². The van der Waals surface area contributed by atoms with E-state index in [0.29, 0.717) is 17.8 Å². The van der Waals surface area contributed by atoms with Gasteiger partial charge in [-0.15, -0.1) is 0 Å². The van der Waals surface area contributed by atoms with Gasteiger partial charge < -0.3 is 9.15 Å². The number of hydrogen-bond acceptors (Lipinski definition) is 4. The third kappa shape index (κ3) is 1.93. The first-order valence-corrected chi connectivity index (χ1v) is 5.80. The van der Waals surface area contributed by atoms with Crippen molar-refractivity contribution in [2.75, 3.05) is 6.61 Å². The largest absolute Gasteiger partial charge is 0.494 e. The summed E-state index contributed by atoms with van der Waals surface area (Å²) in [6, 6.07) is 11.6. The fourth-order valence-corrected chi connectivity index (χ4v) is 1.80. The fraction of sp³-hybridized carbons (Fsp3) is 0.143. The molecule has 3 aromatic rings. The van der Waals surface area contributed by atoms with Crippen LogP contribution in [0.25, 0.3) is 22.5 Å². The van der Waals surface area contributed by atoms with Gasteiger partial charge in [0.1, 0.15) is 5.75 Å². The number of rotatable bonds is 3. The second-order valence-corrected chi connectivity index (χ2v) is 3.83. The molecular weight excluding hydrogens is 228 g/mol. The van der Waals surface area contributed by atoms with E-state index in [-0.39, 0.29) is 0 Å². The molecule has 0 saturated heterocycles. The Labute approximate surface area is 104 Å². The summed E-state index contributed by atoms with van der Waals surface area (Å²) in [4.78, 5) is 8.48. The minimum Gasteiger partial charge on any atom is -0.494 e. The van der Waals surface area contributed by atoms with E-state index >= 15 is 0 Å². The molecule has 90 valence electrons. The molecule has 0 radical (unpaired) electrons. The number of nitrogens with zero attached hydrogens (tertiary/aromatic N) is 2. The Morgan fingerprint density at radius 2 is 1.94 bits per heavy atom. The van der Waals surface area contributed by atoms with Gasteiger partial charge in [-0.2, -0.15) is 4.98 Å². The van der Waals surface area contributed by atoms with Crippen LogP contribution in [-0.2, 0) is 0 Å². The first-order chi connectivity index (χ1) is 8.86. The van der Waals surface area contributed by atoms with Crippen molar-refractivity contribution < 1.29 is 9.15 Å². The molecule has 0 fully saturated rings. The van der Waals surface area contributed by atoms with Gasteiger partial charge in [0.05, 0.1) is 12.3 Å². The summed E-state index contributed by atoms with van der Waals surface area (Å²) in [7, 11) is 0. The molecule has 0 spiro atoms. The van der Waals surface area contributed by atoms with E-state index in [1.807, 2.05) is 43.3 Å². The van der Waals surface area contributed by atoms with Crippen molar-refractivity contribution in [2.24, 2.45) is 0 Å². The highest BCUT2D eigenvalue weighted by Gasteiger charge is 2.04. The first kappa shape index (κ1) is 10.8. The van der Waals surface area contributed by atoms with Gasteiger partial charge in [-0.05, 0) is 43.3 Å². The lowest BCUT2D eigenvalue weighted by molar-refractivity contribution is 0.340. The highest BCUT2D eigenvalue weighted by atomic mass is 16.5. The maximum Gasteiger partial charge on any atom is 0.199 e. The van der Waals surface area contributed by atoms with Crippen LogP contribution >= 0.6 is 0 Å². The number of pyridine rings is 1. The third-order valence-electron chi connectivity index (χ3n) is 2.66. The van der Waals surface area contributed by atoms with E-state index in [2.05, 4.69) is 9.97 Å². The van der Waals surface area contributed by atoms with E-state index < -0.39 is 0 Å². The Hall–Kier alpha value is -2.36. The Balaban J connectivity index is 1.97. The monoisotopic (exact) mass is 240 g/mol. The van der Waals surface area contributed by atoms with Crippen LogP contribution in [0, 0.1) is 0 Å². The summed E-state index contributed by atoms with van der Waals surface area (Å²) >= 11 is 0. The summed E-state index contributed by atoms with van der Waals surface area (Å²) in [5.41, 5.74) is 3.23. The molecule has 0 bridgehead atoms. The average Bonchev–Trinajstić information content (AvgIpc) is 2.87. The van der Waals surface area contributed by atoms with Gasteiger partial charge in [0.2, 0.25) is 0 Å². The van der Waals surface area contributed by atoms with Crippen LogP contribution in [0.15, 0.2) is 47.2 Å². The molecule has 2 heterocycles. The van der Waals surface area contributed by atoms with Crippen molar-refractivity contribution in [1.82, 2.24) is 9.97 Å². The predicted molar refractivity (Wildman–Crippen MR) is 68.4 cm³/mol. The van der Waals surface area contributed by atoms with Gasteiger partial charge in [-0.1, -0.05) is 0 Å². The zero-order chi connectivity index (χ0) is 12.4. The van der Waals surface area contributed by atoms with E-state index in [1.54, 1.807) is 0 Å². The maximum absolute atomic E-state index is 5.41. The van der Waals surface area contributed by atoms with E-state index in [4.69, 9.17) is 9.15 Å². The molecule has 1 aromatic carbocycles. The summed E-state index contributed by atoms with van der Waals surface area (Å²) < 4.78 is 10.6. The fourth-order valence-electron chi connectivity index (χ4n) is 1.80. The zero-order valence-corrected chi connectivity index (χ0v) is 9.96. The normalized spacial score (nSPS) is 10.7. The van der Waals surface area contributed by atoms with Crippen molar-refractivity contribution in [1.29, 1.82) is 0 Å². The van der Waals surface area contributed by atoms with Crippen molar-refractivity contribution in [3.63, 3.8) is 0 Å². The molecule has 18 heavy (non-hydrogen) atoms. The van der Waals surface area contributed by atoms with Crippen molar-refractivity contribution in [3.8, 4) is 17.0 Å². The molecule has 0 aliphatic heterocycles. The molecule has 3 rings (SSSR count). The third-order valence-corrected chi connectivity index (χ3v) is 2.66. The molecule has 0 amide bonds. The molecule has 0 saturated carbocycles. The van der Waals surface area contributed by atoms with Crippen LogP contribution in [0.2, 0.25) is 0 Å². The van der Waals surface area contributed by atoms with Gasteiger partial charge in [0.15, 0.2) is 17.6 Å². The number of fused-ring (bicyclic) bond motifs is 1. The molecule has 0 atom stereocenters. The molecule has 0 aliphatic carbocycles. The number of ether oxygens (including phenoxy) is 1. The molecule has 0 unspecified atom stereocenters. The van der Waals surface area contributed by atoms with Crippen LogP contribution < -0.4 is 4.74 Å². The Kier molecular flexibility index (Phi) is 2.68. The predicted octanol–water partition coefficient (Wildman–Crippen LogP) is 3.29. The van der Waals surface area contributed by atoms with E-state index in [0.717, 1.165) is 17.0 Å². The number of hydrogen-bond donors (Lipinski definition) is 0. The highest BCUT2D eigenvalue weighted by Crippen LogP contribution is 2.22. The first-order valence-electron chi connectivity index (χ1n) is 5.80. The van der Waals surface area contributed by atoms with Gasteiger partial charge in [-0.3, -0.25) is 0 Å². The summed E-state index contributed by atoms with van der Waals surface area (Å²) in [6.45, 7) is 2.64. The smallest absolute Gasteiger partial charge is 0.199 e. The average molecular weight is 240 g/mol. The van der Waals surface area contributed by atoms with Crippen LogP contribution in [0.1, 0.15) is 6.92 Å². The molecule has 2 aromatic heterocycles. The van der Waals surface area contributed by atoms with Crippen molar-refractivity contribution >= 4 is 11.2 Å². The van der Waals surface area contributed by atoms with Crippen LogP contribution in [0.3, 0.4) is 0 Å². The minimum atomic E-state index is 0.626. The molecule has 4 heteroatoms.